The van der Waals surface area contributed by atoms with E-state index >= 15 is 0 Å². The molecule has 1 saturated heterocycles. The second kappa shape index (κ2) is 7.24. The smallest absolute Gasteiger partial charge is 0.319 e. The van der Waals surface area contributed by atoms with Gasteiger partial charge in [0.25, 0.3) is 0 Å². The van der Waals surface area contributed by atoms with Gasteiger partial charge in [-0.3, -0.25) is 0 Å². The Labute approximate surface area is 132 Å². The van der Waals surface area contributed by atoms with Crippen LogP contribution in [-0.4, -0.2) is 63.3 Å². The highest BCUT2D eigenvalue weighted by atomic mass is 16.5. The van der Waals surface area contributed by atoms with Crippen molar-refractivity contribution in [2.75, 3.05) is 46.7 Å². The lowest BCUT2D eigenvalue weighted by atomic mass is 10.1. The van der Waals surface area contributed by atoms with Crippen LogP contribution in [0.1, 0.15) is 12.8 Å². The maximum Gasteiger partial charge on any atom is 0.319 e. The number of urea groups is 1. The van der Waals surface area contributed by atoms with Gasteiger partial charge >= 0.3 is 6.03 Å². The summed E-state index contributed by atoms with van der Waals surface area (Å²) in [5.74, 6) is 1.50. The number of hydrogen-bond donors (Lipinski definition) is 1. The number of rotatable bonds is 4. The number of anilines is 1. The zero-order valence-electron chi connectivity index (χ0n) is 13.8. The highest BCUT2D eigenvalue weighted by Gasteiger charge is 2.24. The quantitative estimate of drug-likeness (QED) is 0.927. The first-order valence-corrected chi connectivity index (χ1v) is 7.49. The number of hydrogen-bond acceptors (Lipinski definition) is 4. The molecular formula is C16H25N3O3. The predicted octanol–water partition coefficient (Wildman–Crippen LogP) is 2.26. The maximum atomic E-state index is 12.1. The van der Waals surface area contributed by atoms with Gasteiger partial charge in [0.1, 0.15) is 11.5 Å². The van der Waals surface area contributed by atoms with E-state index in [9.17, 15) is 4.79 Å². The van der Waals surface area contributed by atoms with E-state index in [1.807, 2.05) is 23.1 Å². The Morgan fingerprint density at radius 2 is 1.86 bits per heavy atom. The first-order valence-electron chi connectivity index (χ1n) is 7.49. The van der Waals surface area contributed by atoms with Crippen molar-refractivity contribution in [3.63, 3.8) is 0 Å². The summed E-state index contributed by atoms with van der Waals surface area (Å²) in [7, 11) is 6.84. The zero-order chi connectivity index (χ0) is 16.1. The molecule has 1 aliphatic rings. The van der Waals surface area contributed by atoms with Gasteiger partial charge in [0.05, 0.1) is 14.2 Å². The average Bonchev–Trinajstić information content (AvgIpc) is 2.53. The summed E-state index contributed by atoms with van der Waals surface area (Å²) in [5.41, 5.74) is 0.945. The number of nitrogens with zero attached hydrogens (tertiary/aromatic N) is 2. The first-order chi connectivity index (χ1) is 10.5. The number of carbonyl (C=O) groups is 1. The number of amides is 2. The number of carbonyl (C=O) groups excluding carboxylic acids is 1. The average molecular weight is 307 g/mol. The van der Waals surface area contributed by atoms with E-state index in [2.05, 4.69) is 5.32 Å². The lowest BCUT2D eigenvalue weighted by Crippen LogP contribution is -2.48. The number of nitrogens with one attached hydrogen (secondary N) is 1. The standard InChI is InChI=1S/C16H25N3O3/c1-18(2)16(20)19-7-5-6-12(11-19)17-13-8-14(21-3)10-15(9-13)22-4/h8-10,12,17H,5-7,11H2,1-4H3. The SMILES string of the molecule is COc1cc(NC2CCCN(C(=O)N(C)C)C2)cc(OC)c1. The lowest BCUT2D eigenvalue weighted by Gasteiger charge is -2.35. The van der Waals surface area contributed by atoms with Crippen molar-refractivity contribution >= 4 is 11.7 Å². The van der Waals surface area contributed by atoms with Crippen molar-refractivity contribution in [3.8, 4) is 11.5 Å². The molecule has 2 amide bonds. The Morgan fingerprint density at radius 3 is 2.41 bits per heavy atom. The van der Waals surface area contributed by atoms with E-state index in [0.29, 0.717) is 6.54 Å². The molecule has 1 aromatic rings. The molecule has 0 aromatic heterocycles. The van der Waals surface area contributed by atoms with Crippen molar-refractivity contribution < 1.29 is 14.3 Å². The van der Waals surface area contributed by atoms with Crippen LogP contribution >= 0.6 is 0 Å². The Kier molecular flexibility index (Phi) is 5.35. The maximum absolute atomic E-state index is 12.1. The van der Waals surface area contributed by atoms with Crippen LogP contribution < -0.4 is 14.8 Å². The van der Waals surface area contributed by atoms with Gasteiger partial charge in [-0.1, -0.05) is 0 Å². The minimum atomic E-state index is 0.0646. The van der Waals surface area contributed by atoms with Gasteiger partial charge in [0, 0.05) is 57.1 Å². The van der Waals surface area contributed by atoms with Crippen LogP contribution in [0.4, 0.5) is 10.5 Å². The molecule has 0 bridgehead atoms. The van der Waals surface area contributed by atoms with Gasteiger partial charge in [-0.2, -0.15) is 0 Å². The molecule has 1 aliphatic heterocycles. The molecule has 6 heteroatoms. The highest BCUT2D eigenvalue weighted by Crippen LogP contribution is 2.27. The molecule has 0 saturated carbocycles. The summed E-state index contributed by atoms with van der Waals surface area (Å²) in [6.07, 6.45) is 2.04. The molecule has 22 heavy (non-hydrogen) atoms. The van der Waals surface area contributed by atoms with Crippen LogP contribution in [0.3, 0.4) is 0 Å². The largest absolute Gasteiger partial charge is 0.497 e. The van der Waals surface area contributed by atoms with Crippen molar-refractivity contribution in [2.45, 2.75) is 18.9 Å². The Bertz CT molecular complexity index is 497. The van der Waals surface area contributed by atoms with Crippen molar-refractivity contribution in [1.82, 2.24) is 9.80 Å². The van der Waals surface area contributed by atoms with E-state index in [0.717, 1.165) is 36.6 Å². The molecule has 1 heterocycles. The molecular weight excluding hydrogens is 282 g/mol. The Balaban J connectivity index is 2.05. The van der Waals surface area contributed by atoms with Gasteiger partial charge in [-0.15, -0.1) is 0 Å². The summed E-state index contributed by atoms with van der Waals surface area (Å²) in [5, 5.41) is 3.48. The molecule has 1 unspecified atom stereocenters. The summed E-state index contributed by atoms with van der Waals surface area (Å²) in [6.45, 7) is 1.52. The molecule has 122 valence electrons. The number of piperidine rings is 1. The predicted molar refractivity (Wildman–Crippen MR) is 86.8 cm³/mol. The van der Waals surface area contributed by atoms with Crippen LogP contribution in [0.5, 0.6) is 11.5 Å². The lowest BCUT2D eigenvalue weighted by molar-refractivity contribution is 0.157. The van der Waals surface area contributed by atoms with E-state index in [-0.39, 0.29) is 12.1 Å². The molecule has 6 nitrogen and oxygen atoms in total. The molecule has 0 spiro atoms. The number of methoxy groups -OCH3 is 2. The van der Waals surface area contributed by atoms with Gasteiger partial charge in [0.2, 0.25) is 0 Å². The molecule has 1 aromatic carbocycles. The Hall–Kier alpha value is -2.11. The van der Waals surface area contributed by atoms with Crippen LogP contribution in [-0.2, 0) is 0 Å². The second-order valence-corrected chi connectivity index (χ2v) is 5.71. The zero-order valence-corrected chi connectivity index (χ0v) is 13.8. The van der Waals surface area contributed by atoms with Crippen LogP contribution in [0, 0.1) is 0 Å². The highest BCUT2D eigenvalue weighted by molar-refractivity contribution is 5.74. The van der Waals surface area contributed by atoms with Crippen LogP contribution in [0.2, 0.25) is 0 Å². The van der Waals surface area contributed by atoms with E-state index < -0.39 is 0 Å². The molecule has 1 N–H and O–H groups in total. The second-order valence-electron chi connectivity index (χ2n) is 5.71. The van der Waals surface area contributed by atoms with Gasteiger partial charge in [-0.25, -0.2) is 4.79 Å². The third-order valence-electron chi connectivity index (χ3n) is 3.80. The van der Waals surface area contributed by atoms with Crippen LogP contribution in [0.15, 0.2) is 18.2 Å². The van der Waals surface area contributed by atoms with Gasteiger partial charge < -0.3 is 24.6 Å². The summed E-state index contributed by atoms with van der Waals surface area (Å²) in [6, 6.07) is 6.02. The molecule has 0 radical (unpaired) electrons. The molecule has 0 aliphatic carbocycles. The van der Waals surface area contributed by atoms with Crippen molar-refractivity contribution in [1.29, 1.82) is 0 Å². The normalized spacial score (nSPS) is 17.8. The minimum absolute atomic E-state index is 0.0646. The fourth-order valence-corrected chi connectivity index (χ4v) is 2.68. The fraction of sp³-hybridized carbons (Fsp3) is 0.562. The molecule has 2 rings (SSSR count). The van der Waals surface area contributed by atoms with Gasteiger partial charge in [0.15, 0.2) is 0 Å². The monoisotopic (exact) mass is 307 g/mol. The van der Waals surface area contributed by atoms with E-state index in [1.54, 1.807) is 33.2 Å². The topological polar surface area (TPSA) is 54.0 Å². The number of benzene rings is 1. The molecule has 1 atom stereocenters. The summed E-state index contributed by atoms with van der Waals surface area (Å²) >= 11 is 0. The molecule has 1 fully saturated rings. The van der Waals surface area contributed by atoms with Crippen molar-refractivity contribution in [3.05, 3.63) is 18.2 Å². The fourth-order valence-electron chi connectivity index (χ4n) is 2.68. The minimum Gasteiger partial charge on any atom is -0.497 e. The number of likely N-dealkylation sites (tertiary alicyclic amines) is 1. The summed E-state index contributed by atoms with van der Waals surface area (Å²) in [4.78, 5) is 15.6. The van der Waals surface area contributed by atoms with E-state index in [4.69, 9.17) is 9.47 Å². The van der Waals surface area contributed by atoms with Crippen LogP contribution in [0.25, 0.3) is 0 Å². The first kappa shape index (κ1) is 16.3. The van der Waals surface area contributed by atoms with Gasteiger partial charge in [-0.05, 0) is 12.8 Å². The number of ether oxygens (including phenoxy) is 2. The van der Waals surface area contributed by atoms with E-state index in [1.165, 1.54) is 0 Å². The summed E-state index contributed by atoms with van der Waals surface area (Å²) < 4.78 is 10.6. The third kappa shape index (κ3) is 3.96. The Morgan fingerprint density at radius 1 is 1.23 bits per heavy atom. The van der Waals surface area contributed by atoms with Crippen molar-refractivity contribution in [2.24, 2.45) is 0 Å². The third-order valence-corrected chi connectivity index (χ3v) is 3.80.